The molecule has 0 aliphatic carbocycles. The van der Waals surface area contributed by atoms with E-state index in [-0.39, 0.29) is 11.3 Å². The molecule has 0 aromatic heterocycles. The quantitative estimate of drug-likeness (QED) is 0.780. The van der Waals surface area contributed by atoms with Gasteiger partial charge in [0.2, 0.25) is 15.9 Å². The Morgan fingerprint density at radius 2 is 1.58 bits per heavy atom. The van der Waals surface area contributed by atoms with E-state index in [1.807, 2.05) is 31.1 Å². The van der Waals surface area contributed by atoms with Gasteiger partial charge >= 0.3 is 0 Å². The van der Waals surface area contributed by atoms with E-state index < -0.39 is 10.0 Å². The molecular formula is C19H31N3O3S. The van der Waals surface area contributed by atoms with Crippen molar-refractivity contribution < 1.29 is 13.2 Å². The van der Waals surface area contributed by atoms with Crippen LogP contribution in [0, 0.1) is 0 Å². The molecule has 1 aromatic rings. The standard InChI is InChI=1S/C19H31N3O3S/c1-19(2,3)16-6-8-17(9-7-16)26(24,25)22-14-12-21(13-15-22)18(23)10-11-20(4)5/h6-9H,10-15H2,1-5H3. The van der Waals surface area contributed by atoms with Gasteiger partial charge in [0.15, 0.2) is 0 Å². The number of carbonyl (C=O) groups is 1. The fourth-order valence-corrected chi connectivity index (χ4v) is 4.35. The first-order valence-electron chi connectivity index (χ1n) is 9.05. The molecule has 0 radical (unpaired) electrons. The van der Waals surface area contributed by atoms with Crippen LogP contribution in [0.3, 0.4) is 0 Å². The van der Waals surface area contributed by atoms with Gasteiger partial charge < -0.3 is 9.80 Å². The lowest BCUT2D eigenvalue weighted by molar-refractivity contribution is -0.132. The van der Waals surface area contributed by atoms with E-state index in [1.165, 1.54) is 4.31 Å². The molecule has 0 spiro atoms. The summed E-state index contributed by atoms with van der Waals surface area (Å²) >= 11 is 0. The Labute approximate surface area is 157 Å². The average molecular weight is 382 g/mol. The van der Waals surface area contributed by atoms with Gasteiger partial charge in [0.25, 0.3) is 0 Å². The number of nitrogens with zero attached hydrogens (tertiary/aromatic N) is 3. The molecule has 1 aliphatic rings. The van der Waals surface area contributed by atoms with Crippen LogP contribution in [0.15, 0.2) is 29.2 Å². The third kappa shape index (κ3) is 5.05. The molecule has 6 nitrogen and oxygen atoms in total. The highest BCUT2D eigenvalue weighted by molar-refractivity contribution is 7.89. The Kier molecular flexibility index (Phi) is 6.47. The summed E-state index contributed by atoms with van der Waals surface area (Å²) in [4.78, 5) is 16.2. The van der Waals surface area contributed by atoms with E-state index in [0.29, 0.717) is 44.0 Å². The van der Waals surface area contributed by atoms with E-state index in [1.54, 1.807) is 17.0 Å². The number of hydrogen-bond donors (Lipinski definition) is 0. The van der Waals surface area contributed by atoms with Gasteiger partial charge in [-0.05, 0) is 37.2 Å². The van der Waals surface area contributed by atoms with Crippen LogP contribution < -0.4 is 0 Å². The topological polar surface area (TPSA) is 60.9 Å². The summed E-state index contributed by atoms with van der Waals surface area (Å²) in [6, 6.07) is 7.14. The number of benzene rings is 1. The van der Waals surface area contributed by atoms with Crippen molar-refractivity contribution in [2.24, 2.45) is 0 Å². The Balaban J connectivity index is 2.00. The van der Waals surface area contributed by atoms with Crippen LogP contribution in [-0.2, 0) is 20.2 Å². The van der Waals surface area contributed by atoms with E-state index in [4.69, 9.17) is 0 Å². The van der Waals surface area contributed by atoms with Gasteiger partial charge in [0.1, 0.15) is 0 Å². The van der Waals surface area contributed by atoms with Crippen LogP contribution >= 0.6 is 0 Å². The minimum Gasteiger partial charge on any atom is -0.340 e. The summed E-state index contributed by atoms with van der Waals surface area (Å²) < 4.78 is 27.2. The summed E-state index contributed by atoms with van der Waals surface area (Å²) in [5.74, 6) is 0.0882. The predicted molar refractivity (Wildman–Crippen MR) is 104 cm³/mol. The first kappa shape index (κ1) is 20.9. The summed E-state index contributed by atoms with van der Waals surface area (Å²) in [5, 5.41) is 0. The van der Waals surface area contributed by atoms with Crippen molar-refractivity contribution >= 4 is 15.9 Å². The minimum absolute atomic E-state index is 0.0131. The first-order valence-corrected chi connectivity index (χ1v) is 10.5. The van der Waals surface area contributed by atoms with Crippen LogP contribution in [0.2, 0.25) is 0 Å². The molecule has 26 heavy (non-hydrogen) atoms. The fourth-order valence-electron chi connectivity index (χ4n) is 2.93. The van der Waals surface area contributed by atoms with Gasteiger partial charge in [-0.15, -0.1) is 0 Å². The molecule has 1 heterocycles. The van der Waals surface area contributed by atoms with E-state index in [2.05, 4.69) is 20.8 Å². The van der Waals surface area contributed by atoms with Gasteiger partial charge in [-0.25, -0.2) is 8.42 Å². The SMILES string of the molecule is CN(C)CCC(=O)N1CCN(S(=O)(=O)c2ccc(C(C)(C)C)cc2)CC1. The first-order chi connectivity index (χ1) is 12.0. The highest BCUT2D eigenvalue weighted by Gasteiger charge is 2.30. The fraction of sp³-hybridized carbons (Fsp3) is 0.632. The molecule has 1 aromatic carbocycles. The molecular weight excluding hydrogens is 350 g/mol. The van der Waals surface area contributed by atoms with E-state index in [0.717, 1.165) is 5.56 Å². The van der Waals surface area contributed by atoms with Gasteiger partial charge in [0.05, 0.1) is 4.90 Å². The average Bonchev–Trinajstić information content (AvgIpc) is 2.59. The normalized spacial score (nSPS) is 16.9. The molecule has 0 bridgehead atoms. The summed E-state index contributed by atoms with van der Waals surface area (Å²) in [5.41, 5.74) is 1.09. The van der Waals surface area contributed by atoms with Crippen LogP contribution in [0.4, 0.5) is 0 Å². The highest BCUT2D eigenvalue weighted by atomic mass is 32.2. The second kappa shape index (κ2) is 8.06. The maximum absolute atomic E-state index is 12.9. The number of carbonyl (C=O) groups excluding carboxylic acids is 1. The minimum atomic E-state index is -3.51. The number of piperazine rings is 1. The van der Waals surface area contributed by atoms with Crippen molar-refractivity contribution in [2.75, 3.05) is 46.8 Å². The van der Waals surface area contributed by atoms with Crippen LogP contribution in [-0.4, -0.2) is 75.2 Å². The molecule has 0 saturated carbocycles. The molecule has 1 amide bonds. The Hall–Kier alpha value is -1.44. The van der Waals surface area contributed by atoms with E-state index in [9.17, 15) is 13.2 Å². The second-order valence-corrected chi connectivity index (χ2v) is 10.1. The van der Waals surface area contributed by atoms with Gasteiger partial charge in [0, 0.05) is 39.1 Å². The van der Waals surface area contributed by atoms with Crippen LogP contribution in [0.25, 0.3) is 0 Å². The number of amides is 1. The van der Waals surface area contributed by atoms with Crippen molar-refractivity contribution in [1.29, 1.82) is 0 Å². The zero-order valence-electron chi connectivity index (χ0n) is 16.5. The van der Waals surface area contributed by atoms with Crippen molar-refractivity contribution in [3.8, 4) is 0 Å². The molecule has 7 heteroatoms. The lowest BCUT2D eigenvalue weighted by atomic mass is 9.87. The second-order valence-electron chi connectivity index (χ2n) is 8.11. The van der Waals surface area contributed by atoms with Gasteiger partial charge in [-0.1, -0.05) is 32.9 Å². The van der Waals surface area contributed by atoms with Crippen LogP contribution in [0.5, 0.6) is 0 Å². The summed E-state index contributed by atoms with van der Waals surface area (Å²) in [6.45, 7) is 8.60. The number of hydrogen-bond acceptors (Lipinski definition) is 4. The van der Waals surface area contributed by atoms with Crippen molar-refractivity contribution in [3.63, 3.8) is 0 Å². The van der Waals surface area contributed by atoms with Gasteiger partial charge in [-0.3, -0.25) is 4.79 Å². The Bertz CT molecular complexity index is 713. The Morgan fingerprint density at radius 1 is 1.04 bits per heavy atom. The molecule has 0 atom stereocenters. The molecule has 1 fully saturated rings. The maximum atomic E-state index is 12.9. The predicted octanol–water partition coefficient (Wildman–Crippen LogP) is 1.77. The lowest BCUT2D eigenvalue weighted by Crippen LogP contribution is -2.50. The largest absolute Gasteiger partial charge is 0.340 e. The monoisotopic (exact) mass is 381 g/mol. The van der Waals surface area contributed by atoms with Gasteiger partial charge in [-0.2, -0.15) is 4.31 Å². The van der Waals surface area contributed by atoms with Crippen molar-refractivity contribution in [1.82, 2.24) is 14.1 Å². The molecule has 2 rings (SSSR count). The molecule has 1 aliphatic heterocycles. The third-order valence-corrected chi connectivity index (χ3v) is 6.64. The summed E-state index contributed by atoms with van der Waals surface area (Å²) in [7, 11) is 0.355. The number of rotatable bonds is 5. The smallest absolute Gasteiger partial charge is 0.243 e. The van der Waals surface area contributed by atoms with Crippen molar-refractivity contribution in [2.45, 2.75) is 37.5 Å². The zero-order valence-corrected chi connectivity index (χ0v) is 17.3. The summed E-state index contributed by atoms with van der Waals surface area (Å²) in [6.07, 6.45) is 0.466. The highest BCUT2D eigenvalue weighted by Crippen LogP contribution is 2.25. The molecule has 1 saturated heterocycles. The molecule has 0 N–H and O–H groups in total. The van der Waals surface area contributed by atoms with Crippen LogP contribution in [0.1, 0.15) is 32.8 Å². The third-order valence-electron chi connectivity index (χ3n) is 4.72. The Morgan fingerprint density at radius 3 is 2.04 bits per heavy atom. The molecule has 0 unspecified atom stereocenters. The molecule has 146 valence electrons. The number of sulfonamides is 1. The van der Waals surface area contributed by atoms with E-state index >= 15 is 0 Å². The zero-order chi connectivity index (χ0) is 19.5. The van der Waals surface area contributed by atoms with Crippen molar-refractivity contribution in [3.05, 3.63) is 29.8 Å². The maximum Gasteiger partial charge on any atom is 0.243 e. The lowest BCUT2D eigenvalue weighted by Gasteiger charge is -2.34.